The van der Waals surface area contributed by atoms with Crippen molar-refractivity contribution in [2.75, 3.05) is 0 Å². The summed E-state index contributed by atoms with van der Waals surface area (Å²) < 4.78 is 0. The summed E-state index contributed by atoms with van der Waals surface area (Å²) in [4.78, 5) is 0. The molecular weight excluding hydrogens is 360 g/mol. The van der Waals surface area contributed by atoms with E-state index >= 15 is 0 Å². The largest absolute Gasteiger partial charge is 0.0798 e. The Labute approximate surface area is 180 Å². The van der Waals surface area contributed by atoms with E-state index in [9.17, 15) is 0 Å². The molecule has 0 unspecified atom stereocenters. The van der Waals surface area contributed by atoms with Crippen LogP contribution in [0.5, 0.6) is 0 Å². The summed E-state index contributed by atoms with van der Waals surface area (Å²) in [7, 11) is 0. The summed E-state index contributed by atoms with van der Waals surface area (Å²) in [5, 5.41) is 0. The van der Waals surface area contributed by atoms with Crippen molar-refractivity contribution in [2.24, 2.45) is 0 Å². The predicted octanol–water partition coefficient (Wildman–Crippen LogP) is 8.12. The van der Waals surface area contributed by atoms with Crippen molar-refractivity contribution in [1.82, 2.24) is 0 Å². The Hall–Kier alpha value is -3.12. The standard InChI is InChI=1S/C30H28/c1-20-10-5-6-13-24(20)27-18-22(12-9-11-21(27)2)23-16-17-26-25-14-7-8-15-28(25)30(3,4)29(26)19-23/h5-10,12-19H,11H2,1-4H3. The average Bonchev–Trinajstić information content (AvgIpc) is 2.86. The normalized spacial score (nSPS) is 16.7. The first kappa shape index (κ1) is 18.9. The molecule has 0 heteroatoms. The van der Waals surface area contributed by atoms with E-state index < -0.39 is 0 Å². The van der Waals surface area contributed by atoms with Gasteiger partial charge >= 0.3 is 0 Å². The Bertz CT molecular complexity index is 1240. The Morgan fingerprint density at radius 3 is 2.23 bits per heavy atom. The monoisotopic (exact) mass is 388 g/mol. The number of hydrogen-bond donors (Lipinski definition) is 0. The zero-order valence-electron chi connectivity index (χ0n) is 18.3. The van der Waals surface area contributed by atoms with Gasteiger partial charge in [0, 0.05) is 5.41 Å². The van der Waals surface area contributed by atoms with Crippen LogP contribution in [0.2, 0.25) is 0 Å². The molecule has 3 aromatic rings. The van der Waals surface area contributed by atoms with E-state index in [0.29, 0.717) is 0 Å². The molecule has 0 heterocycles. The van der Waals surface area contributed by atoms with Gasteiger partial charge < -0.3 is 0 Å². The highest BCUT2D eigenvalue weighted by Crippen LogP contribution is 2.49. The lowest BCUT2D eigenvalue weighted by Gasteiger charge is -2.22. The van der Waals surface area contributed by atoms with E-state index in [1.807, 2.05) is 0 Å². The van der Waals surface area contributed by atoms with E-state index in [0.717, 1.165) is 6.42 Å². The molecule has 0 aromatic heterocycles. The van der Waals surface area contributed by atoms with Crippen LogP contribution in [0.3, 0.4) is 0 Å². The fourth-order valence-corrected chi connectivity index (χ4v) is 5.05. The van der Waals surface area contributed by atoms with Crippen molar-refractivity contribution in [3.63, 3.8) is 0 Å². The van der Waals surface area contributed by atoms with Crippen molar-refractivity contribution in [3.8, 4) is 11.1 Å². The minimum atomic E-state index is 0.0293. The maximum absolute atomic E-state index is 2.42. The van der Waals surface area contributed by atoms with E-state index in [-0.39, 0.29) is 5.41 Å². The van der Waals surface area contributed by atoms with Crippen molar-refractivity contribution >= 4 is 11.1 Å². The summed E-state index contributed by atoms with van der Waals surface area (Å²) in [6.45, 7) is 9.16. The second kappa shape index (κ2) is 6.99. The Morgan fingerprint density at radius 2 is 1.43 bits per heavy atom. The van der Waals surface area contributed by atoms with E-state index in [2.05, 4.69) is 113 Å². The van der Waals surface area contributed by atoms with Crippen LogP contribution in [0.4, 0.5) is 0 Å². The molecule has 0 spiro atoms. The molecule has 0 fully saturated rings. The van der Waals surface area contributed by atoms with Crippen LogP contribution in [-0.2, 0) is 5.41 Å². The van der Waals surface area contributed by atoms with Gasteiger partial charge in [0.2, 0.25) is 0 Å². The van der Waals surface area contributed by atoms with Gasteiger partial charge in [0.25, 0.3) is 0 Å². The molecule has 0 bridgehead atoms. The second-order valence-corrected chi connectivity index (χ2v) is 9.15. The minimum Gasteiger partial charge on any atom is -0.0798 e. The van der Waals surface area contributed by atoms with Crippen LogP contribution >= 0.6 is 0 Å². The fraction of sp³-hybridized carbons (Fsp3) is 0.200. The van der Waals surface area contributed by atoms with Crippen LogP contribution < -0.4 is 0 Å². The summed E-state index contributed by atoms with van der Waals surface area (Å²) in [5.41, 5.74) is 13.7. The molecule has 0 amide bonds. The Kier molecular flexibility index (Phi) is 4.40. The Morgan fingerprint density at radius 1 is 0.733 bits per heavy atom. The molecule has 0 atom stereocenters. The number of aryl methyl sites for hydroxylation is 1. The summed E-state index contributed by atoms with van der Waals surface area (Å²) in [5.74, 6) is 0. The number of benzene rings is 3. The van der Waals surface area contributed by atoms with Gasteiger partial charge in [-0.2, -0.15) is 0 Å². The lowest BCUT2D eigenvalue weighted by Crippen LogP contribution is -2.15. The maximum Gasteiger partial charge on any atom is 0.0159 e. The second-order valence-electron chi connectivity index (χ2n) is 9.15. The van der Waals surface area contributed by atoms with E-state index in [1.54, 1.807) is 0 Å². The van der Waals surface area contributed by atoms with Gasteiger partial charge in [-0.15, -0.1) is 0 Å². The number of hydrogen-bond acceptors (Lipinski definition) is 0. The molecular formula is C30H28. The van der Waals surface area contributed by atoms with Crippen molar-refractivity contribution in [2.45, 2.75) is 39.5 Å². The van der Waals surface area contributed by atoms with Gasteiger partial charge in [0.05, 0.1) is 0 Å². The van der Waals surface area contributed by atoms with E-state index in [4.69, 9.17) is 0 Å². The van der Waals surface area contributed by atoms with Gasteiger partial charge in [-0.25, -0.2) is 0 Å². The summed E-state index contributed by atoms with van der Waals surface area (Å²) in [6.07, 6.45) is 7.98. The summed E-state index contributed by atoms with van der Waals surface area (Å²) in [6, 6.07) is 24.6. The molecule has 2 aliphatic rings. The van der Waals surface area contributed by atoms with Gasteiger partial charge in [0.1, 0.15) is 0 Å². The molecule has 0 nitrogen and oxygen atoms in total. The highest BCUT2D eigenvalue weighted by molar-refractivity contribution is 5.92. The fourth-order valence-electron chi connectivity index (χ4n) is 5.05. The van der Waals surface area contributed by atoms with Gasteiger partial charge in [0.15, 0.2) is 0 Å². The zero-order valence-corrected chi connectivity index (χ0v) is 18.3. The van der Waals surface area contributed by atoms with Gasteiger partial charge in [-0.1, -0.05) is 92.2 Å². The zero-order chi connectivity index (χ0) is 20.9. The van der Waals surface area contributed by atoms with Crippen LogP contribution in [0, 0.1) is 6.92 Å². The SMILES string of the molecule is CC1=C(c2ccccc2C)C=C(c2ccc3c(c2)C(C)(C)c2ccccc2-3)C=CC1. The third-order valence-electron chi connectivity index (χ3n) is 6.83. The molecule has 5 rings (SSSR count). The molecule has 0 saturated heterocycles. The number of fused-ring (bicyclic) bond motifs is 3. The van der Waals surface area contributed by atoms with Gasteiger partial charge in [-0.05, 0) is 82.5 Å². The molecule has 30 heavy (non-hydrogen) atoms. The third-order valence-corrected chi connectivity index (χ3v) is 6.83. The highest BCUT2D eigenvalue weighted by atomic mass is 14.4. The molecule has 0 saturated carbocycles. The molecule has 148 valence electrons. The molecule has 0 N–H and O–H groups in total. The quantitative estimate of drug-likeness (QED) is 0.416. The number of allylic oxidation sites excluding steroid dienone is 6. The molecule has 3 aromatic carbocycles. The van der Waals surface area contributed by atoms with Crippen molar-refractivity contribution < 1.29 is 0 Å². The lowest BCUT2D eigenvalue weighted by molar-refractivity contribution is 0.660. The van der Waals surface area contributed by atoms with Crippen LogP contribution in [-0.4, -0.2) is 0 Å². The van der Waals surface area contributed by atoms with E-state index in [1.165, 1.54) is 55.7 Å². The van der Waals surface area contributed by atoms with Crippen LogP contribution in [0.15, 0.2) is 90.5 Å². The van der Waals surface area contributed by atoms with Crippen molar-refractivity contribution in [3.05, 3.63) is 118 Å². The molecule has 0 aliphatic heterocycles. The minimum absolute atomic E-state index is 0.0293. The third kappa shape index (κ3) is 2.91. The highest BCUT2D eigenvalue weighted by Gasteiger charge is 2.35. The number of rotatable bonds is 2. The maximum atomic E-state index is 2.42. The lowest BCUT2D eigenvalue weighted by atomic mass is 9.81. The average molecular weight is 389 g/mol. The molecule has 0 radical (unpaired) electrons. The molecule has 2 aliphatic carbocycles. The first-order valence-corrected chi connectivity index (χ1v) is 10.9. The Balaban J connectivity index is 1.64. The first-order chi connectivity index (χ1) is 14.5. The van der Waals surface area contributed by atoms with Crippen molar-refractivity contribution in [1.29, 1.82) is 0 Å². The van der Waals surface area contributed by atoms with Crippen LogP contribution in [0.1, 0.15) is 55.0 Å². The van der Waals surface area contributed by atoms with Crippen LogP contribution in [0.25, 0.3) is 22.3 Å². The topological polar surface area (TPSA) is 0 Å². The van der Waals surface area contributed by atoms with Gasteiger partial charge in [-0.3, -0.25) is 0 Å². The first-order valence-electron chi connectivity index (χ1n) is 10.9. The predicted molar refractivity (Wildman–Crippen MR) is 130 cm³/mol. The summed E-state index contributed by atoms with van der Waals surface area (Å²) >= 11 is 0. The smallest absolute Gasteiger partial charge is 0.0159 e.